The number of hydrogen-bond acceptors (Lipinski definition) is 3. The molecule has 3 nitrogen and oxygen atoms in total. The Morgan fingerprint density at radius 3 is 2.79 bits per heavy atom. The summed E-state index contributed by atoms with van der Waals surface area (Å²) >= 11 is 0. The average Bonchev–Trinajstić information content (AvgIpc) is 2.19. The third-order valence-electron chi connectivity index (χ3n) is 2.14. The highest BCUT2D eigenvalue weighted by atomic mass is 15.2. The number of aromatic nitrogens is 1. The maximum atomic E-state index is 8.93. The molecule has 0 radical (unpaired) electrons. The van der Waals surface area contributed by atoms with Crippen molar-refractivity contribution in [3.05, 3.63) is 23.9 Å². The molecule has 1 heterocycles. The van der Waals surface area contributed by atoms with Gasteiger partial charge in [-0.15, -0.1) is 0 Å². The first-order valence-electron chi connectivity index (χ1n) is 4.82. The van der Waals surface area contributed by atoms with Gasteiger partial charge in [-0.25, -0.2) is 4.98 Å². The van der Waals surface area contributed by atoms with Crippen LogP contribution in [0.25, 0.3) is 0 Å². The van der Waals surface area contributed by atoms with Gasteiger partial charge in [0.15, 0.2) is 0 Å². The van der Waals surface area contributed by atoms with Crippen LogP contribution < -0.4 is 4.90 Å². The highest BCUT2D eigenvalue weighted by Crippen LogP contribution is 2.17. The van der Waals surface area contributed by atoms with Crippen molar-refractivity contribution in [3.63, 3.8) is 0 Å². The van der Waals surface area contributed by atoms with Crippen LogP contribution in [-0.2, 0) is 0 Å². The van der Waals surface area contributed by atoms with E-state index in [0.29, 0.717) is 11.6 Å². The molecule has 0 bridgehead atoms. The quantitative estimate of drug-likeness (QED) is 0.731. The number of nitriles is 1. The van der Waals surface area contributed by atoms with Gasteiger partial charge in [-0.3, -0.25) is 0 Å². The molecular weight excluding hydrogens is 174 g/mol. The van der Waals surface area contributed by atoms with Gasteiger partial charge in [0.05, 0.1) is 5.56 Å². The molecule has 0 aliphatic carbocycles. The van der Waals surface area contributed by atoms with Gasteiger partial charge in [0.2, 0.25) is 0 Å². The standard InChI is InChI=1S/C11H15N3/c1-4-14(9(2)3)11-10(8-12)6-5-7-13-11/h5-7,9H,4H2,1-3H3. The molecule has 0 saturated carbocycles. The molecule has 74 valence electrons. The summed E-state index contributed by atoms with van der Waals surface area (Å²) in [5.41, 5.74) is 0.642. The van der Waals surface area contributed by atoms with Gasteiger partial charge in [-0.05, 0) is 32.9 Å². The maximum Gasteiger partial charge on any atom is 0.146 e. The van der Waals surface area contributed by atoms with E-state index < -0.39 is 0 Å². The lowest BCUT2D eigenvalue weighted by Gasteiger charge is -2.26. The molecule has 0 spiro atoms. The third kappa shape index (κ3) is 2.02. The van der Waals surface area contributed by atoms with Crippen LogP contribution in [0.2, 0.25) is 0 Å². The molecule has 0 aliphatic heterocycles. The highest BCUT2D eigenvalue weighted by molar-refractivity contribution is 5.53. The zero-order valence-corrected chi connectivity index (χ0v) is 8.86. The third-order valence-corrected chi connectivity index (χ3v) is 2.14. The molecule has 0 saturated heterocycles. The van der Waals surface area contributed by atoms with E-state index in [0.717, 1.165) is 12.4 Å². The van der Waals surface area contributed by atoms with Crippen molar-refractivity contribution >= 4 is 5.82 Å². The average molecular weight is 189 g/mol. The molecule has 1 aromatic rings. The summed E-state index contributed by atoms with van der Waals surface area (Å²) in [5.74, 6) is 0.785. The molecule has 0 N–H and O–H groups in total. The van der Waals surface area contributed by atoms with E-state index >= 15 is 0 Å². The molecule has 0 fully saturated rings. The zero-order chi connectivity index (χ0) is 10.6. The van der Waals surface area contributed by atoms with Crippen LogP contribution in [0.5, 0.6) is 0 Å². The van der Waals surface area contributed by atoms with Crippen LogP contribution in [0, 0.1) is 11.3 Å². The normalized spacial score (nSPS) is 9.93. The lowest BCUT2D eigenvalue weighted by molar-refractivity contribution is 0.692. The van der Waals surface area contributed by atoms with Crippen LogP contribution in [0.1, 0.15) is 26.3 Å². The SMILES string of the molecule is CCN(c1ncccc1C#N)C(C)C. The molecule has 0 atom stereocenters. The first-order chi connectivity index (χ1) is 6.70. The van der Waals surface area contributed by atoms with Crippen molar-refractivity contribution < 1.29 is 0 Å². The van der Waals surface area contributed by atoms with E-state index in [2.05, 4.69) is 36.7 Å². The molecule has 0 aromatic carbocycles. The Labute approximate surface area is 85.0 Å². The van der Waals surface area contributed by atoms with E-state index in [1.807, 2.05) is 0 Å². The number of pyridine rings is 1. The van der Waals surface area contributed by atoms with Gasteiger partial charge < -0.3 is 4.90 Å². The fourth-order valence-electron chi connectivity index (χ4n) is 1.47. The monoisotopic (exact) mass is 189 g/mol. The van der Waals surface area contributed by atoms with Gasteiger partial charge in [-0.2, -0.15) is 5.26 Å². The van der Waals surface area contributed by atoms with Crippen LogP contribution in [0.3, 0.4) is 0 Å². The second-order valence-corrected chi connectivity index (χ2v) is 3.37. The molecule has 14 heavy (non-hydrogen) atoms. The van der Waals surface area contributed by atoms with E-state index in [-0.39, 0.29) is 0 Å². The van der Waals surface area contributed by atoms with E-state index in [4.69, 9.17) is 5.26 Å². The zero-order valence-electron chi connectivity index (χ0n) is 8.86. The molecule has 0 unspecified atom stereocenters. The van der Waals surface area contributed by atoms with Gasteiger partial charge in [0.1, 0.15) is 11.9 Å². The summed E-state index contributed by atoms with van der Waals surface area (Å²) in [6.07, 6.45) is 1.72. The molecule has 0 aliphatic rings. The summed E-state index contributed by atoms with van der Waals surface area (Å²) in [6.45, 7) is 7.12. The number of nitrogens with zero attached hydrogens (tertiary/aromatic N) is 3. The fourth-order valence-corrected chi connectivity index (χ4v) is 1.47. The van der Waals surface area contributed by atoms with Crippen molar-refractivity contribution in [2.24, 2.45) is 0 Å². The number of rotatable bonds is 3. The van der Waals surface area contributed by atoms with Crippen molar-refractivity contribution in [2.45, 2.75) is 26.8 Å². The second-order valence-electron chi connectivity index (χ2n) is 3.37. The van der Waals surface area contributed by atoms with Crippen LogP contribution >= 0.6 is 0 Å². The summed E-state index contributed by atoms with van der Waals surface area (Å²) in [4.78, 5) is 6.36. The predicted octanol–water partition coefficient (Wildman–Crippen LogP) is 2.19. The minimum Gasteiger partial charge on any atom is -0.353 e. The minimum absolute atomic E-state index is 0.363. The number of anilines is 1. The van der Waals surface area contributed by atoms with E-state index in [9.17, 15) is 0 Å². The molecule has 3 heteroatoms. The van der Waals surface area contributed by atoms with Gasteiger partial charge in [-0.1, -0.05) is 0 Å². The summed E-state index contributed by atoms with van der Waals surface area (Å²) in [7, 11) is 0. The lowest BCUT2D eigenvalue weighted by atomic mass is 10.2. The molecule has 1 rings (SSSR count). The van der Waals surface area contributed by atoms with Crippen LogP contribution in [0.4, 0.5) is 5.82 Å². The molecular formula is C11H15N3. The first kappa shape index (κ1) is 10.5. The maximum absolute atomic E-state index is 8.93. The summed E-state index contributed by atoms with van der Waals surface area (Å²) < 4.78 is 0. The highest BCUT2D eigenvalue weighted by Gasteiger charge is 2.13. The van der Waals surface area contributed by atoms with Crippen molar-refractivity contribution in [1.82, 2.24) is 4.98 Å². The first-order valence-corrected chi connectivity index (χ1v) is 4.82. The van der Waals surface area contributed by atoms with Crippen molar-refractivity contribution in [2.75, 3.05) is 11.4 Å². The lowest BCUT2D eigenvalue weighted by Crippen LogP contribution is -2.31. The Bertz CT molecular complexity index is 339. The van der Waals surface area contributed by atoms with Crippen LogP contribution in [-0.4, -0.2) is 17.6 Å². The Kier molecular flexibility index (Phi) is 3.47. The van der Waals surface area contributed by atoms with Gasteiger partial charge in [0, 0.05) is 18.8 Å². The topological polar surface area (TPSA) is 39.9 Å². The van der Waals surface area contributed by atoms with Crippen molar-refractivity contribution in [3.8, 4) is 6.07 Å². The fraction of sp³-hybridized carbons (Fsp3) is 0.455. The van der Waals surface area contributed by atoms with Crippen LogP contribution in [0.15, 0.2) is 18.3 Å². The molecule has 1 aromatic heterocycles. The van der Waals surface area contributed by atoms with Gasteiger partial charge >= 0.3 is 0 Å². The predicted molar refractivity (Wildman–Crippen MR) is 57.1 cm³/mol. The Balaban J connectivity index is 3.10. The smallest absolute Gasteiger partial charge is 0.146 e. The minimum atomic E-state index is 0.363. The van der Waals surface area contributed by atoms with E-state index in [1.54, 1.807) is 18.3 Å². The second kappa shape index (κ2) is 4.61. The summed E-state index contributed by atoms with van der Waals surface area (Å²) in [6, 6.07) is 6.11. The summed E-state index contributed by atoms with van der Waals surface area (Å²) in [5, 5.41) is 8.93. The van der Waals surface area contributed by atoms with Crippen molar-refractivity contribution in [1.29, 1.82) is 5.26 Å². The Hall–Kier alpha value is -1.56. The Morgan fingerprint density at radius 1 is 1.57 bits per heavy atom. The number of hydrogen-bond donors (Lipinski definition) is 0. The van der Waals surface area contributed by atoms with E-state index in [1.165, 1.54) is 0 Å². The largest absolute Gasteiger partial charge is 0.353 e. The Morgan fingerprint density at radius 2 is 2.29 bits per heavy atom. The van der Waals surface area contributed by atoms with Gasteiger partial charge in [0.25, 0.3) is 0 Å². The molecule has 0 amide bonds.